The zero-order chi connectivity index (χ0) is 10.2. The van der Waals surface area contributed by atoms with Gasteiger partial charge in [0.15, 0.2) is 0 Å². The molecule has 0 radical (unpaired) electrons. The summed E-state index contributed by atoms with van der Waals surface area (Å²) < 4.78 is 0. The van der Waals surface area contributed by atoms with E-state index in [1.54, 1.807) is 0 Å². The van der Waals surface area contributed by atoms with E-state index in [0.29, 0.717) is 0 Å². The Morgan fingerprint density at radius 3 is 2.50 bits per heavy atom. The van der Waals surface area contributed by atoms with E-state index in [1.165, 1.54) is 51.4 Å². The molecule has 1 aliphatic rings. The third-order valence-corrected chi connectivity index (χ3v) is 3.49. The Bertz CT molecular complexity index is 127. The van der Waals surface area contributed by atoms with Crippen LogP contribution >= 0.6 is 0 Å². The van der Waals surface area contributed by atoms with Gasteiger partial charge in [-0.1, -0.05) is 52.4 Å². The van der Waals surface area contributed by atoms with Crippen molar-refractivity contribution in [3.05, 3.63) is 0 Å². The third-order valence-electron chi connectivity index (χ3n) is 3.49. The number of hydrogen-bond donors (Lipinski definition) is 1. The summed E-state index contributed by atoms with van der Waals surface area (Å²) in [7, 11) is 0. The molecule has 0 heterocycles. The summed E-state index contributed by atoms with van der Waals surface area (Å²) in [5.74, 6) is 1.04. The zero-order valence-corrected chi connectivity index (χ0v) is 10.0. The van der Waals surface area contributed by atoms with Crippen molar-refractivity contribution in [3.63, 3.8) is 0 Å². The van der Waals surface area contributed by atoms with Crippen molar-refractivity contribution in [2.75, 3.05) is 6.54 Å². The van der Waals surface area contributed by atoms with Gasteiger partial charge in [0.1, 0.15) is 0 Å². The first kappa shape index (κ1) is 12.0. The summed E-state index contributed by atoms with van der Waals surface area (Å²) >= 11 is 0. The van der Waals surface area contributed by atoms with Crippen molar-refractivity contribution in [1.29, 1.82) is 0 Å². The fourth-order valence-corrected chi connectivity index (χ4v) is 2.69. The molecule has 0 bridgehead atoms. The Morgan fingerprint density at radius 2 is 1.93 bits per heavy atom. The van der Waals surface area contributed by atoms with Crippen LogP contribution in [0.3, 0.4) is 0 Å². The van der Waals surface area contributed by atoms with E-state index in [2.05, 4.69) is 19.2 Å². The summed E-state index contributed by atoms with van der Waals surface area (Å²) in [6, 6.07) is 0.808. The van der Waals surface area contributed by atoms with Gasteiger partial charge in [0, 0.05) is 6.04 Å². The Kier molecular flexibility index (Phi) is 6.25. The average molecular weight is 197 g/mol. The largest absolute Gasteiger partial charge is 0.314 e. The number of rotatable bonds is 7. The van der Waals surface area contributed by atoms with E-state index in [4.69, 9.17) is 0 Å². The first-order valence-corrected chi connectivity index (χ1v) is 6.60. The minimum absolute atomic E-state index is 0.808. The van der Waals surface area contributed by atoms with E-state index in [-0.39, 0.29) is 0 Å². The van der Waals surface area contributed by atoms with Crippen LogP contribution in [-0.4, -0.2) is 12.6 Å². The van der Waals surface area contributed by atoms with Gasteiger partial charge in [-0.3, -0.25) is 0 Å². The van der Waals surface area contributed by atoms with Crippen molar-refractivity contribution in [2.45, 2.75) is 71.3 Å². The summed E-state index contributed by atoms with van der Waals surface area (Å²) in [5.41, 5.74) is 0. The quantitative estimate of drug-likeness (QED) is 0.655. The molecule has 1 heteroatoms. The Morgan fingerprint density at radius 1 is 1.21 bits per heavy atom. The molecular formula is C13H27N. The maximum Gasteiger partial charge on any atom is 0.00695 e. The normalized spacial score (nSPS) is 20.1. The first-order chi connectivity index (χ1) is 6.86. The molecule has 1 fully saturated rings. The second kappa shape index (κ2) is 7.28. The van der Waals surface area contributed by atoms with Crippen LogP contribution in [0, 0.1) is 5.92 Å². The third kappa shape index (κ3) is 4.45. The van der Waals surface area contributed by atoms with Crippen LogP contribution in [0.4, 0.5) is 0 Å². The molecule has 0 aromatic rings. The molecule has 1 unspecified atom stereocenters. The lowest BCUT2D eigenvalue weighted by atomic mass is 9.95. The lowest BCUT2D eigenvalue weighted by Crippen LogP contribution is -2.30. The Labute approximate surface area is 89.7 Å². The van der Waals surface area contributed by atoms with Gasteiger partial charge in [0.2, 0.25) is 0 Å². The SMILES string of the molecule is CCCCC(CC1CCCC1)NCC. The van der Waals surface area contributed by atoms with E-state index in [0.717, 1.165) is 18.5 Å². The van der Waals surface area contributed by atoms with Crippen molar-refractivity contribution < 1.29 is 0 Å². The highest BCUT2D eigenvalue weighted by molar-refractivity contribution is 4.75. The summed E-state index contributed by atoms with van der Waals surface area (Å²) in [4.78, 5) is 0. The molecule has 1 rings (SSSR count). The molecule has 1 atom stereocenters. The molecule has 0 aliphatic heterocycles. The first-order valence-electron chi connectivity index (χ1n) is 6.60. The molecule has 1 nitrogen and oxygen atoms in total. The molecule has 14 heavy (non-hydrogen) atoms. The van der Waals surface area contributed by atoms with E-state index in [9.17, 15) is 0 Å². The highest BCUT2D eigenvalue weighted by Crippen LogP contribution is 2.29. The van der Waals surface area contributed by atoms with Crippen LogP contribution in [-0.2, 0) is 0 Å². The van der Waals surface area contributed by atoms with Crippen LogP contribution in [0.2, 0.25) is 0 Å². The molecule has 0 spiro atoms. The molecule has 0 saturated heterocycles. The van der Waals surface area contributed by atoms with Gasteiger partial charge in [0.25, 0.3) is 0 Å². The minimum Gasteiger partial charge on any atom is -0.314 e. The van der Waals surface area contributed by atoms with Crippen molar-refractivity contribution in [2.24, 2.45) is 5.92 Å². The maximum atomic E-state index is 3.64. The highest BCUT2D eigenvalue weighted by atomic mass is 14.9. The average Bonchev–Trinajstić information content (AvgIpc) is 2.67. The summed E-state index contributed by atoms with van der Waals surface area (Å²) in [6.07, 6.45) is 11.5. The lowest BCUT2D eigenvalue weighted by molar-refractivity contribution is 0.369. The van der Waals surface area contributed by atoms with Crippen LogP contribution in [0.25, 0.3) is 0 Å². The van der Waals surface area contributed by atoms with Gasteiger partial charge in [0.05, 0.1) is 0 Å². The van der Waals surface area contributed by atoms with Gasteiger partial charge < -0.3 is 5.32 Å². The van der Waals surface area contributed by atoms with Crippen LogP contribution in [0.15, 0.2) is 0 Å². The lowest BCUT2D eigenvalue weighted by Gasteiger charge is -2.21. The predicted molar refractivity (Wildman–Crippen MR) is 63.6 cm³/mol. The molecule has 1 aliphatic carbocycles. The van der Waals surface area contributed by atoms with E-state index in [1.807, 2.05) is 0 Å². The number of unbranched alkanes of at least 4 members (excludes halogenated alkanes) is 1. The number of nitrogens with one attached hydrogen (secondary N) is 1. The second-order valence-corrected chi connectivity index (χ2v) is 4.78. The van der Waals surface area contributed by atoms with Gasteiger partial charge in [-0.05, 0) is 25.3 Å². The van der Waals surface area contributed by atoms with Gasteiger partial charge in [-0.2, -0.15) is 0 Å². The highest BCUT2D eigenvalue weighted by Gasteiger charge is 2.19. The van der Waals surface area contributed by atoms with Crippen LogP contribution in [0.5, 0.6) is 0 Å². The standard InChI is InChI=1S/C13H27N/c1-3-5-10-13(14-4-2)11-12-8-6-7-9-12/h12-14H,3-11H2,1-2H3. The number of hydrogen-bond acceptors (Lipinski definition) is 1. The second-order valence-electron chi connectivity index (χ2n) is 4.78. The topological polar surface area (TPSA) is 12.0 Å². The van der Waals surface area contributed by atoms with Gasteiger partial charge >= 0.3 is 0 Å². The minimum atomic E-state index is 0.808. The van der Waals surface area contributed by atoms with Crippen molar-refractivity contribution >= 4 is 0 Å². The maximum absolute atomic E-state index is 3.64. The fourth-order valence-electron chi connectivity index (χ4n) is 2.69. The van der Waals surface area contributed by atoms with Crippen LogP contribution < -0.4 is 5.32 Å². The zero-order valence-electron chi connectivity index (χ0n) is 10.0. The van der Waals surface area contributed by atoms with E-state index < -0.39 is 0 Å². The van der Waals surface area contributed by atoms with Gasteiger partial charge in [-0.15, -0.1) is 0 Å². The molecular weight excluding hydrogens is 170 g/mol. The molecule has 1 saturated carbocycles. The van der Waals surface area contributed by atoms with E-state index >= 15 is 0 Å². The summed E-state index contributed by atoms with van der Waals surface area (Å²) in [5, 5.41) is 3.64. The van der Waals surface area contributed by atoms with Crippen LogP contribution in [0.1, 0.15) is 65.2 Å². The molecule has 1 N–H and O–H groups in total. The monoisotopic (exact) mass is 197 g/mol. The van der Waals surface area contributed by atoms with Gasteiger partial charge in [-0.25, -0.2) is 0 Å². The van der Waals surface area contributed by atoms with Crippen molar-refractivity contribution in [1.82, 2.24) is 5.32 Å². The smallest absolute Gasteiger partial charge is 0.00695 e. The molecule has 0 aromatic carbocycles. The Balaban J connectivity index is 2.18. The summed E-state index contributed by atoms with van der Waals surface area (Å²) in [6.45, 7) is 5.66. The predicted octanol–water partition coefficient (Wildman–Crippen LogP) is 3.74. The van der Waals surface area contributed by atoms with Crippen molar-refractivity contribution in [3.8, 4) is 0 Å². The molecule has 0 aromatic heterocycles. The Hall–Kier alpha value is -0.0400. The molecule has 0 amide bonds. The molecule has 84 valence electrons. The fraction of sp³-hybridized carbons (Fsp3) is 1.00.